The van der Waals surface area contributed by atoms with Crippen molar-refractivity contribution in [2.45, 2.75) is 31.8 Å². The standard InChI is InChI=1S/C12H22N2O3/c15-12-14(8-2-10-17-12)7-1-9-16-11-3-5-13-6-4-11/h11,13H,1-10H2. The third-order valence-electron chi connectivity index (χ3n) is 3.27. The first-order chi connectivity index (χ1) is 8.36. The number of nitrogens with zero attached hydrogens (tertiary/aromatic N) is 1. The molecule has 2 saturated heterocycles. The Balaban J connectivity index is 1.54. The van der Waals surface area contributed by atoms with Crippen molar-refractivity contribution in [2.75, 3.05) is 39.4 Å². The monoisotopic (exact) mass is 242 g/mol. The summed E-state index contributed by atoms with van der Waals surface area (Å²) < 4.78 is 10.8. The molecule has 1 amide bonds. The minimum absolute atomic E-state index is 0.168. The van der Waals surface area contributed by atoms with E-state index in [0.717, 1.165) is 58.5 Å². The molecule has 0 unspecified atom stereocenters. The van der Waals surface area contributed by atoms with E-state index in [2.05, 4.69) is 5.32 Å². The van der Waals surface area contributed by atoms with Crippen molar-refractivity contribution >= 4 is 6.09 Å². The van der Waals surface area contributed by atoms with Gasteiger partial charge in [-0.25, -0.2) is 4.79 Å². The molecule has 2 aliphatic rings. The molecule has 0 aromatic carbocycles. The average molecular weight is 242 g/mol. The number of carbonyl (C=O) groups is 1. The molecule has 5 nitrogen and oxygen atoms in total. The predicted octanol–water partition coefficient (Wildman–Crippen LogP) is 0.987. The van der Waals surface area contributed by atoms with Crippen molar-refractivity contribution in [1.82, 2.24) is 10.2 Å². The van der Waals surface area contributed by atoms with Gasteiger partial charge in [-0.3, -0.25) is 0 Å². The Kier molecular flexibility index (Phi) is 5.07. The average Bonchev–Trinajstić information content (AvgIpc) is 2.38. The van der Waals surface area contributed by atoms with Crippen LogP contribution >= 0.6 is 0 Å². The Bertz CT molecular complexity index is 242. The van der Waals surface area contributed by atoms with Crippen LogP contribution in [0.1, 0.15) is 25.7 Å². The molecule has 0 aliphatic carbocycles. The highest BCUT2D eigenvalue weighted by molar-refractivity contribution is 5.68. The fourth-order valence-corrected chi connectivity index (χ4v) is 2.27. The van der Waals surface area contributed by atoms with Crippen LogP contribution in [0.15, 0.2) is 0 Å². The molecule has 2 heterocycles. The summed E-state index contributed by atoms with van der Waals surface area (Å²) in [5.41, 5.74) is 0. The lowest BCUT2D eigenvalue weighted by Gasteiger charge is -2.27. The second kappa shape index (κ2) is 6.81. The normalized spacial score (nSPS) is 22.6. The summed E-state index contributed by atoms with van der Waals surface area (Å²) >= 11 is 0. The summed E-state index contributed by atoms with van der Waals surface area (Å²) in [4.78, 5) is 13.1. The van der Waals surface area contributed by atoms with E-state index in [1.165, 1.54) is 0 Å². The summed E-state index contributed by atoms with van der Waals surface area (Å²) in [5.74, 6) is 0. The molecule has 0 radical (unpaired) electrons. The van der Waals surface area contributed by atoms with Crippen molar-refractivity contribution in [2.24, 2.45) is 0 Å². The fraction of sp³-hybridized carbons (Fsp3) is 0.917. The zero-order valence-electron chi connectivity index (χ0n) is 10.3. The number of hydrogen-bond acceptors (Lipinski definition) is 4. The van der Waals surface area contributed by atoms with Gasteiger partial charge in [0.1, 0.15) is 0 Å². The van der Waals surface area contributed by atoms with E-state index in [0.29, 0.717) is 12.7 Å². The molecule has 2 aliphatic heterocycles. The molecule has 17 heavy (non-hydrogen) atoms. The summed E-state index contributed by atoms with van der Waals surface area (Å²) in [6.45, 7) is 5.01. The van der Waals surface area contributed by atoms with Gasteiger partial charge < -0.3 is 19.7 Å². The van der Waals surface area contributed by atoms with Gasteiger partial charge >= 0.3 is 6.09 Å². The molecule has 0 aromatic heterocycles. The SMILES string of the molecule is O=C1OCCCN1CCCOC1CCNCC1. The van der Waals surface area contributed by atoms with Crippen LogP contribution in [0.5, 0.6) is 0 Å². The molecule has 2 rings (SSSR count). The maximum Gasteiger partial charge on any atom is 0.409 e. The quantitative estimate of drug-likeness (QED) is 0.730. The lowest BCUT2D eigenvalue weighted by Crippen LogP contribution is -2.39. The van der Waals surface area contributed by atoms with Crippen LogP contribution < -0.4 is 5.32 Å². The topological polar surface area (TPSA) is 50.8 Å². The van der Waals surface area contributed by atoms with E-state index >= 15 is 0 Å². The lowest BCUT2D eigenvalue weighted by atomic mass is 10.1. The van der Waals surface area contributed by atoms with Gasteiger partial charge in [-0.1, -0.05) is 0 Å². The number of hydrogen-bond donors (Lipinski definition) is 1. The highest BCUT2D eigenvalue weighted by atomic mass is 16.6. The second-order valence-electron chi connectivity index (χ2n) is 4.63. The van der Waals surface area contributed by atoms with E-state index in [1.807, 2.05) is 0 Å². The number of cyclic esters (lactones) is 1. The molecule has 0 aromatic rings. The van der Waals surface area contributed by atoms with Crippen LogP contribution in [-0.2, 0) is 9.47 Å². The van der Waals surface area contributed by atoms with Crippen molar-refractivity contribution in [1.29, 1.82) is 0 Å². The number of nitrogens with one attached hydrogen (secondary N) is 1. The highest BCUT2D eigenvalue weighted by Crippen LogP contribution is 2.09. The van der Waals surface area contributed by atoms with E-state index < -0.39 is 0 Å². The largest absolute Gasteiger partial charge is 0.449 e. The van der Waals surface area contributed by atoms with Crippen molar-refractivity contribution in [3.8, 4) is 0 Å². The first-order valence-corrected chi connectivity index (χ1v) is 6.60. The Labute approximate surface area is 102 Å². The van der Waals surface area contributed by atoms with Gasteiger partial charge in [0.2, 0.25) is 0 Å². The van der Waals surface area contributed by atoms with Crippen LogP contribution in [0.25, 0.3) is 0 Å². The Morgan fingerprint density at radius 2 is 2.24 bits per heavy atom. The maximum atomic E-state index is 11.3. The van der Waals surface area contributed by atoms with Crippen molar-refractivity contribution in [3.05, 3.63) is 0 Å². The molecule has 0 bridgehead atoms. The second-order valence-corrected chi connectivity index (χ2v) is 4.63. The summed E-state index contributed by atoms with van der Waals surface area (Å²) in [6, 6.07) is 0. The molecule has 98 valence electrons. The molecular formula is C12H22N2O3. The number of ether oxygens (including phenoxy) is 2. The van der Waals surface area contributed by atoms with Gasteiger partial charge in [-0.05, 0) is 38.8 Å². The number of piperidine rings is 1. The van der Waals surface area contributed by atoms with Gasteiger partial charge in [-0.2, -0.15) is 0 Å². The van der Waals surface area contributed by atoms with E-state index in [1.54, 1.807) is 4.90 Å². The van der Waals surface area contributed by atoms with Crippen molar-refractivity contribution in [3.63, 3.8) is 0 Å². The maximum absolute atomic E-state index is 11.3. The molecule has 0 atom stereocenters. The zero-order valence-corrected chi connectivity index (χ0v) is 10.3. The Hall–Kier alpha value is -0.810. The first-order valence-electron chi connectivity index (χ1n) is 6.60. The third kappa shape index (κ3) is 4.16. The van der Waals surface area contributed by atoms with Gasteiger partial charge in [0.05, 0.1) is 12.7 Å². The van der Waals surface area contributed by atoms with Crippen LogP contribution in [0.3, 0.4) is 0 Å². The lowest BCUT2D eigenvalue weighted by molar-refractivity contribution is 0.0239. The smallest absolute Gasteiger partial charge is 0.409 e. The molecule has 5 heteroatoms. The number of rotatable bonds is 5. The van der Waals surface area contributed by atoms with Crippen LogP contribution in [0, 0.1) is 0 Å². The molecule has 1 N–H and O–H groups in total. The molecule has 2 fully saturated rings. The summed E-state index contributed by atoms with van der Waals surface area (Å²) in [7, 11) is 0. The zero-order chi connectivity index (χ0) is 11.9. The van der Waals surface area contributed by atoms with E-state index in [-0.39, 0.29) is 6.09 Å². The Morgan fingerprint density at radius 1 is 1.41 bits per heavy atom. The van der Waals surface area contributed by atoms with Gasteiger partial charge in [0, 0.05) is 19.7 Å². The van der Waals surface area contributed by atoms with Gasteiger partial charge in [0.15, 0.2) is 0 Å². The van der Waals surface area contributed by atoms with E-state index in [4.69, 9.17) is 9.47 Å². The van der Waals surface area contributed by atoms with E-state index in [9.17, 15) is 4.79 Å². The summed E-state index contributed by atoms with van der Waals surface area (Å²) in [6.07, 6.45) is 4.29. The number of amides is 1. The minimum Gasteiger partial charge on any atom is -0.449 e. The van der Waals surface area contributed by atoms with Crippen LogP contribution in [-0.4, -0.2) is 56.5 Å². The van der Waals surface area contributed by atoms with Crippen LogP contribution in [0.4, 0.5) is 4.79 Å². The highest BCUT2D eigenvalue weighted by Gasteiger charge is 2.19. The van der Waals surface area contributed by atoms with Crippen molar-refractivity contribution < 1.29 is 14.3 Å². The van der Waals surface area contributed by atoms with Gasteiger partial charge in [-0.15, -0.1) is 0 Å². The first kappa shape index (κ1) is 12.6. The predicted molar refractivity (Wildman–Crippen MR) is 64.0 cm³/mol. The fourth-order valence-electron chi connectivity index (χ4n) is 2.27. The molecule has 0 saturated carbocycles. The number of carbonyl (C=O) groups excluding carboxylic acids is 1. The minimum atomic E-state index is -0.168. The Morgan fingerprint density at radius 3 is 3.00 bits per heavy atom. The molecule has 0 spiro atoms. The third-order valence-corrected chi connectivity index (χ3v) is 3.27. The summed E-state index contributed by atoms with van der Waals surface area (Å²) in [5, 5.41) is 3.31. The van der Waals surface area contributed by atoms with Gasteiger partial charge in [0.25, 0.3) is 0 Å². The van der Waals surface area contributed by atoms with Crippen LogP contribution in [0.2, 0.25) is 0 Å². The molecular weight excluding hydrogens is 220 g/mol.